The van der Waals surface area contributed by atoms with Gasteiger partial charge >= 0.3 is 0 Å². The molecular weight excluding hydrogens is 212 g/mol. The minimum Gasteiger partial charge on any atom is -0.370 e. The topological polar surface area (TPSA) is 55.1 Å². The van der Waals surface area contributed by atoms with Crippen molar-refractivity contribution in [2.45, 2.75) is 19.9 Å². The van der Waals surface area contributed by atoms with E-state index < -0.39 is 0 Å². The molecule has 3 nitrogen and oxygen atoms in total. The van der Waals surface area contributed by atoms with Gasteiger partial charge in [-0.2, -0.15) is 0 Å². The van der Waals surface area contributed by atoms with Crippen LogP contribution >= 0.6 is 11.6 Å². The van der Waals surface area contributed by atoms with Crippen molar-refractivity contribution < 1.29 is 4.79 Å². The molecule has 0 atom stereocenters. The summed E-state index contributed by atoms with van der Waals surface area (Å²) in [4.78, 5) is 10.5. The highest BCUT2D eigenvalue weighted by atomic mass is 35.5. The molecule has 0 aliphatic carbocycles. The number of primary amides is 1. The van der Waals surface area contributed by atoms with E-state index in [4.69, 9.17) is 17.3 Å². The Hall–Kier alpha value is -1.06. The first-order valence-corrected chi connectivity index (χ1v) is 5.21. The molecule has 0 aromatic heterocycles. The Bertz CT molecular complexity index is 352. The van der Waals surface area contributed by atoms with Crippen LogP contribution in [0.2, 0.25) is 5.02 Å². The molecule has 0 radical (unpaired) electrons. The third-order valence-corrected chi connectivity index (χ3v) is 2.52. The zero-order chi connectivity index (χ0) is 11.3. The lowest BCUT2D eigenvalue weighted by Crippen LogP contribution is -2.21. The van der Waals surface area contributed by atoms with Crippen molar-refractivity contribution >= 4 is 17.5 Å². The summed E-state index contributed by atoms with van der Waals surface area (Å²) in [6, 6.07) is 5.92. The lowest BCUT2D eigenvalue weighted by molar-refractivity contribution is -0.117. The van der Waals surface area contributed by atoms with Crippen molar-refractivity contribution in [3.8, 4) is 0 Å². The molecule has 0 unspecified atom stereocenters. The van der Waals surface area contributed by atoms with Gasteiger partial charge in [0.2, 0.25) is 5.91 Å². The Balaban J connectivity index is 2.38. The van der Waals surface area contributed by atoms with E-state index in [-0.39, 0.29) is 5.91 Å². The first-order valence-electron chi connectivity index (χ1n) is 4.83. The highest BCUT2D eigenvalue weighted by Gasteiger charge is 1.98. The molecule has 3 N–H and O–H groups in total. The van der Waals surface area contributed by atoms with E-state index in [1.54, 1.807) is 0 Å². The van der Waals surface area contributed by atoms with E-state index >= 15 is 0 Å². The molecule has 0 heterocycles. The van der Waals surface area contributed by atoms with E-state index in [2.05, 4.69) is 5.32 Å². The second-order valence-corrected chi connectivity index (χ2v) is 3.88. The second-order valence-electron chi connectivity index (χ2n) is 3.48. The average molecular weight is 227 g/mol. The predicted octanol–water partition coefficient (Wildman–Crippen LogP) is 1.61. The first kappa shape index (κ1) is 12.0. The normalized spacial score (nSPS) is 10.3. The van der Waals surface area contributed by atoms with Crippen LogP contribution in [0, 0.1) is 6.92 Å². The molecule has 0 aliphatic heterocycles. The van der Waals surface area contributed by atoms with Crippen LogP contribution < -0.4 is 11.1 Å². The quantitative estimate of drug-likeness (QED) is 0.750. The molecule has 4 heteroatoms. The summed E-state index contributed by atoms with van der Waals surface area (Å²) in [6.07, 6.45) is 0.361. The highest BCUT2D eigenvalue weighted by molar-refractivity contribution is 6.31. The van der Waals surface area contributed by atoms with Crippen LogP contribution in [-0.4, -0.2) is 12.5 Å². The summed E-state index contributed by atoms with van der Waals surface area (Å²) in [6.45, 7) is 3.26. The number of carbonyl (C=O) groups excluding carboxylic acids is 1. The van der Waals surface area contributed by atoms with Gasteiger partial charge in [0.25, 0.3) is 0 Å². The van der Waals surface area contributed by atoms with Crippen LogP contribution in [0.15, 0.2) is 18.2 Å². The minimum atomic E-state index is -0.288. The van der Waals surface area contributed by atoms with Crippen molar-refractivity contribution in [3.05, 3.63) is 34.3 Å². The second kappa shape index (κ2) is 5.73. The van der Waals surface area contributed by atoms with Gasteiger partial charge in [0, 0.05) is 24.5 Å². The van der Waals surface area contributed by atoms with Gasteiger partial charge in [-0.25, -0.2) is 0 Å². The van der Waals surface area contributed by atoms with Crippen LogP contribution in [0.3, 0.4) is 0 Å². The lowest BCUT2D eigenvalue weighted by Gasteiger charge is -2.05. The number of carbonyl (C=O) groups is 1. The Labute approximate surface area is 94.6 Å². The predicted molar refractivity (Wildman–Crippen MR) is 61.7 cm³/mol. The summed E-state index contributed by atoms with van der Waals surface area (Å²) >= 11 is 5.98. The molecule has 1 aromatic carbocycles. The van der Waals surface area contributed by atoms with Crippen LogP contribution in [-0.2, 0) is 11.3 Å². The maximum absolute atomic E-state index is 10.5. The zero-order valence-corrected chi connectivity index (χ0v) is 9.47. The van der Waals surface area contributed by atoms with Crippen LogP contribution in [0.5, 0.6) is 0 Å². The fourth-order valence-electron chi connectivity index (χ4n) is 1.19. The van der Waals surface area contributed by atoms with Crippen molar-refractivity contribution in [1.82, 2.24) is 5.32 Å². The number of nitrogens with two attached hydrogens (primary N) is 1. The smallest absolute Gasteiger partial charge is 0.218 e. The maximum Gasteiger partial charge on any atom is 0.218 e. The van der Waals surface area contributed by atoms with Crippen LogP contribution in [0.25, 0.3) is 0 Å². The van der Waals surface area contributed by atoms with E-state index in [1.807, 2.05) is 25.1 Å². The van der Waals surface area contributed by atoms with Gasteiger partial charge < -0.3 is 11.1 Å². The standard InChI is InChI=1S/C11H15ClN2O/c1-8-2-3-9(6-10(8)12)7-14-5-4-11(13)15/h2-3,6,14H,4-5,7H2,1H3,(H2,13,15). The molecule has 0 bridgehead atoms. The molecule has 82 valence electrons. The summed E-state index contributed by atoms with van der Waals surface area (Å²) in [5.74, 6) is -0.288. The van der Waals surface area contributed by atoms with Gasteiger partial charge in [0.1, 0.15) is 0 Å². The molecule has 1 amide bonds. The summed E-state index contributed by atoms with van der Waals surface area (Å²) in [5, 5.41) is 3.89. The highest BCUT2D eigenvalue weighted by Crippen LogP contribution is 2.16. The Morgan fingerprint density at radius 1 is 1.53 bits per heavy atom. The third kappa shape index (κ3) is 4.32. The number of benzene rings is 1. The SMILES string of the molecule is Cc1ccc(CNCCC(N)=O)cc1Cl. The number of hydrogen-bond donors (Lipinski definition) is 2. The largest absolute Gasteiger partial charge is 0.370 e. The number of nitrogens with one attached hydrogen (secondary N) is 1. The lowest BCUT2D eigenvalue weighted by atomic mass is 10.1. The van der Waals surface area contributed by atoms with Crippen molar-refractivity contribution in [2.75, 3.05) is 6.54 Å². The van der Waals surface area contributed by atoms with Gasteiger partial charge in [-0.05, 0) is 24.1 Å². The van der Waals surface area contributed by atoms with E-state index in [0.717, 1.165) is 16.1 Å². The van der Waals surface area contributed by atoms with Gasteiger partial charge in [-0.15, -0.1) is 0 Å². The summed E-state index contributed by atoms with van der Waals surface area (Å²) in [7, 11) is 0. The fourth-order valence-corrected chi connectivity index (χ4v) is 1.39. The van der Waals surface area contributed by atoms with E-state index in [1.165, 1.54) is 0 Å². The van der Waals surface area contributed by atoms with Gasteiger partial charge in [0.15, 0.2) is 0 Å². The fraction of sp³-hybridized carbons (Fsp3) is 0.364. The van der Waals surface area contributed by atoms with Gasteiger partial charge in [0.05, 0.1) is 0 Å². The Morgan fingerprint density at radius 2 is 2.27 bits per heavy atom. The molecular formula is C11H15ClN2O. The molecule has 0 aliphatic rings. The molecule has 0 saturated carbocycles. The molecule has 1 aromatic rings. The van der Waals surface area contributed by atoms with E-state index in [9.17, 15) is 4.79 Å². The van der Waals surface area contributed by atoms with Gasteiger partial charge in [-0.1, -0.05) is 23.7 Å². The third-order valence-electron chi connectivity index (χ3n) is 2.11. The van der Waals surface area contributed by atoms with Crippen molar-refractivity contribution in [3.63, 3.8) is 0 Å². The Kier molecular flexibility index (Phi) is 4.59. The zero-order valence-electron chi connectivity index (χ0n) is 8.72. The summed E-state index contributed by atoms with van der Waals surface area (Å²) < 4.78 is 0. The van der Waals surface area contributed by atoms with Crippen LogP contribution in [0.4, 0.5) is 0 Å². The van der Waals surface area contributed by atoms with Crippen LogP contribution in [0.1, 0.15) is 17.5 Å². The molecule has 0 spiro atoms. The van der Waals surface area contributed by atoms with Gasteiger partial charge in [-0.3, -0.25) is 4.79 Å². The number of aryl methyl sites for hydroxylation is 1. The monoisotopic (exact) mass is 226 g/mol. The Morgan fingerprint density at radius 3 is 2.87 bits per heavy atom. The average Bonchev–Trinajstić information content (AvgIpc) is 2.18. The molecule has 1 rings (SSSR count). The minimum absolute atomic E-state index is 0.288. The maximum atomic E-state index is 10.5. The molecule has 15 heavy (non-hydrogen) atoms. The summed E-state index contributed by atoms with van der Waals surface area (Å²) in [5.41, 5.74) is 7.19. The van der Waals surface area contributed by atoms with Crippen molar-refractivity contribution in [1.29, 1.82) is 0 Å². The first-order chi connectivity index (χ1) is 7.09. The van der Waals surface area contributed by atoms with E-state index in [0.29, 0.717) is 19.5 Å². The number of halogens is 1. The number of amides is 1. The molecule has 0 fully saturated rings. The van der Waals surface area contributed by atoms with Crippen molar-refractivity contribution in [2.24, 2.45) is 5.73 Å². The number of rotatable bonds is 5. The number of hydrogen-bond acceptors (Lipinski definition) is 2. The molecule has 0 saturated heterocycles.